The number of hydrogen-bond donors (Lipinski definition) is 0. The fraction of sp³-hybridized carbons (Fsp3) is 1.00. The van der Waals surface area contributed by atoms with Gasteiger partial charge in [-0.1, -0.05) is 0 Å². The predicted octanol–water partition coefficient (Wildman–Crippen LogP) is 1.58. The van der Waals surface area contributed by atoms with E-state index in [9.17, 15) is 0 Å². The second-order valence-electron chi connectivity index (χ2n) is 7.40. The van der Waals surface area contributed by atoms with Crippen LogP contribution in [0.5, 0.6) is 0 Å². The zero-order valence-electron chi connectivity index (χ0n) is 11.7. The first kappa shape index (κ1) is 11.9. The minimum absolute atomic E-state index is 0.369. The third-order valence-corrected chi connectivity index (χ3v) is 5.06. The first-order valence-electron chi connectivity index (χ1n) is 6.94. The smallest absolute Gasteiger partial charge is 0.0825 e. The Hall–Kier alpha value is -0.120. The predicted molar refractivity (Wildman–Crippen MR) is 69.2 cm³/mol. The van der Waals surface area contributed by atoms with E-state index in [1.54, 1.807) is 0 Å². The maximum atomic E-state index is 5.34. The van der Waals surface area contributed by atoms with Crippen molar-refractivity contribution in [1.82, 2.24) is 9.80 Å². The van der Waals surface area contributed by atoms with E-state index < -0.39 is 0 Å². The molecule has 0 atom stereocenters. The first-order valence-corrected chi connectivity index (χ1v) is 6.94. The molecule has 0 N–H and O–H groups in total. The van der Waals surface area contributed by atoms with E-state index in [0.29, 0.717) is 17.1 Å². The minimum atomic E-state index is 0.369. The highest BCUT2D eigenvalue weighted by Gasteiger charge is 2.56. The zero-order chi connectivity index (χ0) is 12.3. The van der Waals surface area contributed by atoms with Gasteiger partial charge < -0.3 is 4.74 Å². The lowest BCUT2D eigenvalue weighted by molar-refractivity contribution is -0.165. The van der Waals surface area contributed by atoms with Crippen LogP contribution in [0.25, 0.3) is 0 Å². The molecule has 1 aliphatic carbocycles. The lowest BCUT2D eigenvalue weighted by Gasteiger charge is -2.65. The van der Waals surface area contributed by atoms with Crippen LogP contribution in [0.2, 0.25) is 0 Å². The van der Waals surface area contributed by atoms with Crippen molar-refractivity contribution in [2.24, 2.45) is 5.41 Å². The highest BCUT2D eigenvalue weighted by atomic mass is 16.5. The normalized spacial score (nSPS) is 31.1. The Balaban J connectivity index is 1.42. The van der Waals surface area contributed by atoms with Crippen molar-refractivity contribution < 1.29 is 4.74 Å². The van der Waals surface area contributed by atoms with Crippen LogP contribution in [0.1, 0.15) is 33.6 Å². The van der Waals surface area contributed by atoms with Crippen molar-refractivity contribution in [1.29, 1.82) is 0 Å². The number of nitrogens with zero attached hydrogens (tertiary/aromatic N) is 2. The molecule has 0 aromatic rings. The zero-order valence-corrected chi connectivity index (χ0v) is 11.7. The van der Waals surface area contributed by atoms with Crippen LogP contribution < -0.4 is 0 Å². The third kappa shape index (κ3) is 1.92. The van der Waals surface area contributed by atoms with Crippen LogP contribution >= 0.6 is 0 Å². The molecule has 0 aromatic heterocycles. The van der Waals surface area contributed by atoms with Crippen LogP contribution in [0.3, 0.4) is 0 Å². The Bertz CT molecular complexity index is 290. The lowest BCUT2D eigenvalue weighted by Crippen LogP contribution is -2.72. The summed E-state index contributed by atoms with van der Waals surface area (Å²) < 4.78 is 5.34. The van der Waals surface area contributed by atoms with Gasteiger partial charge in [-0.2, -0.15) is 0 Å². The molecule has 3 rings (SSSR count). The molecule has 2 heterocycles. The third-order valence-electron chi connectivity index (χ3n) is 5.06. The molecule has 0 bridgehead atoms. The fourth-order valence-electron chi connectivity index (χ4n) is 3.61. The molecule has 2 aliphatic heterocycles. The van der Waals surface area contributed by atoms with Crippen LogP contribution in [0.15, 0.2) is 0 Å². The van der Waals surface area contributed by atoms with Gasteiger partial charge in [-0.25, -0.2) is 0 Å². The molecular formula is C14H26N2O. The van der Waals surface area contributed by atoms with E-state index >= 15 is 0 Å². The molecule has 0 aromatic carbocycles. The summed E-state index contributed by atoms with van der Waals surface area (Å²) in [5, 5.41) is 0. The minimum Gasteiger partial charge on any atom is -0.379 e. The van der Waals surface area contributed by atoms with Crippen LogP contribution in [0, 0.1) is 5.41 Å². The van der Waals surface area contributed by atoms with Crippen LogP contribution in [0.4, 0.5) is 0 Å². The molecule has 3 fully saturated rings. The highest BCUT2D eigenvalue weighted by molar-refractivity contribution is 5.10. The van der Waals surface area contributed by atoms with Gasteiger partial charge in [-0.15, -0.1) is 0 Å². The maximum absolute atomic E-state index is 5.34. The van der Waals surface area contributed by atoms with Crippen molar-refractivity contribution in [2.45, 2.75) is 51.3 Å². The molecule has 17 heavy (non-hydrogen) atoms. The van der Waals surface area contributed by atoms with E-state index in [0.717, 1.165) is 6.04 Å². The van der Waals surface area contributed by atoms with Gasteiger partial charge in [0.1, 0.15) is 0 Å². The summed E-state index contributed by atoms with van der Waals surface area (Å²) in [6.45, 7) is 12.0. The Morgan fingerprint density at radius 2 is 1.71 bits per heavy atom. The Labute approximate surface area is 105 Å². The summed E-state index contributed by atoms with van der Waals surface area (Å²) in [7, 11) is 1.83. The van der Waals surface area contributed by atoms with Gasteiger partial charge in [0.15, 0.2) is 0 Å². The quantitative estimate of drug-likeness (QED) is 0.726. The summed E-state index contributed by atoms with van der Waals surface area (Å²) in [5.74, 6) is 0. The average molecular weight is 238 g/mol. The molecule has 2 saturated heterocycles. The van der Waals surface area contributed by atoms with E-state index in [1.165, 1.54) is 39.0 Å². The molecule has 0 radical (unpaired) electrons. The van der Waals surface area contributed by atoms with Gasteiger partial charge in [0.25, 0.3) is 0 Å². The van der Waals surface area contributed by atoms with Crippen LogP contribution in [-0.4, -0.2) is 60.8 Å². The number of likely N-dealkylation sites (tertiary alicyclic amines) is 2. The van der Waals surface area contributed by atoms with Crippen molar-refractivity contribution in [2.75, 3.05) is 33.3 Å². The van der Waals surface area contributed by atoms with Gasteiger partial charge in [-0.05, 0) is 39.0 Å². The SMILES string of the molecule is COC1CN(C2CC3(C2)CN(C(C)(C)C)C3)C1. The van der Waals surface area contributed by atoms with E-state index in [1.807, 2.05) is 7.11 Å². The molecule has 3 heteroatoms. The molecule has 98 valence electrons. The largest absolute Gasteiger partial charge is 0.379 e. The molecule has 3 nitrogen and oxygen atoms in total. The van der Waals surface area contributed by atoms with Crippen molar-refractivity contribution in [3.63, 3.8) is 0 Å². The summed E-state index contributed by atoms with van der Waals surface area (Å²) in [6.07, 6.45) is 3.37. The Morgan fingerprint density at radius 3 is 2.18 bits per heavy atom. The second kappa shape index (κ2) is 3.69. The van der Waals surface area contributed by atoms with Gasteiger partial charge >= 0.3 is 0 Å². The molecule has 0 unspecified atom stereocenters. The molecular weight excluding hydrogens is 212 g/mol. The van der Waals surface area contributed by atoms with E-state index in [4.69, 9.17) is 4.74 Å². The van der Waals surface area contributed by atoms with Crippen molar-refractivity contribution >= 4 is 0 Å². The van der Waals surface area contributed by atoms with Gasteiger partial charge in [0.2, 0.25) is 0 Å². The van der Waals surface area contributed by atoms with Crippen molar-refractivity contribution in [3.8, 4) is 0 Å². The molecule has 3 aliphatic rings. The summed E-state index contributed by atoms with van der Waals surface area (Å²) in [4.78, 5) is 5.23. The maximum Gasteiger partial charge on any atom is 0.0825 e. The summed E-state index contributed by atoms with van der Waals surface area (Å²) in [6, 6.07) is 0.864. The topological polar surface area (TPSA) is 15.7 Å². The number of ether oxygens (including phenoxy) is 1. The summed E-state index contributed by atoms with van der Waals surface area (Å²) in [5.41, 5.74) is 1.06. The Morgan fingerprint density at radius 1 is 1.12 bits per heavy atom. The molecule has 0 amide bonds. The highest BCUT2D eigenvalue weighted by Crippen LogP contribution is 2.52. The molecule has 1 spiro atoms. The van der Waals surface area contributed by atoms with Crippen LogP contribution in [-0.2, 0) is 4.74 Å². The van der Waals surface area contributed by atoms with E-state index in [-0.39, 0.29) is 0 Å². The second-order valence-corrected chi connectivity index (χ2v) is 7.40. The monoisotopic (exact) mass is 238 g/mol. The van der Waals surface area contributed by atoms with Crippen molar-refractivity contribution in [3.05, 3.63) is 0 Å². The van der Waals surface area contributed by atoms with E-state index in [2.05, 4.69) is 30.6 Å². The number of rotatable bonds is 2. The standard InChI is InChI=1S/C14H26N2O/c1-13(2,3)16-9-14(10-16)5-11(6-14)15-7-12(8-15)17-4/h11-12H,5-10H2,1-4H3. The first-order chi connectivity index (χ1) is 7.92. The number of hydrogen-bond acceptors (Lipinski definition) is 3. The van der Waals surface area contributed by atoms with Gasteiger partial charge in [0.05, 0.1) is 6.10 Å². The van der Waals surface area contributed by atoms with Gasteiger partial charge in [0, 0.05) is 44.9 Å². The molecule has 1 saturated carbocycles. The average Bonchev–Trinajstić information content (AvgIpc) is 2.00. The number of methoxy groups -OCH3 is 1. The van der Waals surface area contributed by atoms with Gasteiger partial charge in [-0.3, -0.25) is 9.80 Å². The summed E-state index contributed by atoms with van der Waals surface area (Å²) >= 11 is 0. The fourth-order valence-corrected chi connectivity index (χ4v) is 3.61. The lowest BCUT2D eigenvalue weighted by atomic mass is 9.59. The Kier molecular flexibility index (Phi) is 2.59.